The number of aryl methyl sites for hydroxylation is 1. The van der Waals surface area contributed by atoms with Gasteiger partial charge in [-0.25, -0.2) is 17.8 Å². The van der Waals surface area contributed by atoms with Crippen molar-refractivity contribution >= 4 is 32.4 Å². The number of sulfonamides is 1. The van der Waals surface area contributed by atoms with Crippen LogP contribution in [0.5, 0.6) is 0 Å². The summed E-state index contributed by atoms with van der Waals surface area (Å²) in [5, 5.41) is 4.53. The van der Waals surface area contributed by atoms with Gasteiger partial charge in [-0.2, -0.15) is 0 Å². The predicted molar refractivity (Wildman–Crippen MR) is 90.9 cm³/mol. The quantitative estimate of drug-likeness (QED) is 0.699. The molecule has 9 heteroatoms. The van der Waals surface area contributed by atoms with E-state index in [0.717, 1.165) is 23.5 Å². The van der Waals surface area contributed by atoms with Crippen LogP contribution in [0, 0.1) is 5.82 Å². The number of benzene rings is 1. The Balaban J connectivity index is 1.96. The highest BCUT2D eigenvalue weighted by atomic mass is 32.2. The first-order chi connectivity index (χ1) is 11.4. The molecule has 0 saturated carbocycles. The summed E-state index contributed by atoms with van der Waals surface area (Å²) < 4.78 is 39.5. The van der Waals surface area contributed by atoms with Crippen LogP contribution in [0.25, 0.3) is 0 Å². The van der Waals surface area contributed by atoms with E-state index in [2.05, 4.69) is 21.6 Å². The van der Waals surface area contributed by atoms with Crippen molar-refractivity contribution in [1.29, 1.82) is 0 Å². The molecule has 0 aliphatic heterocycles. The van der Waals surface area contributed by atoms with Gasteiger partial charge >= 0.3 is 0 Å². The van der Waals surface area contributed by atoms with Crippen molar-refractivity contribution in [2.24, 2.45) is 0 Å². The number of hydrogen-bond acceptors (Lipinski definition) is 5. The van der Waals surface area contributed by atoms with Crippen molar-refractivity contribution in [2.45, 2.75) is 17.7 Å². The van der Waals surface area contributed by atoms with Gasteiger partial charge in [-0.3, -0.25) is 9.52 Å². The molecule has 0 unspecified atom stereocenters. The molecule has 1 amide bonds. The number of rotatable bonds is 8. The lowest BCUT2D eigenvalue weighted by molar-refractivity contribution is -0.120. The summed E-state index contributed by atoms with van der Waals surface area (Å²) in [6.45, 7) is 3.91. The Kier molecular flexibility index (Phi) is 6.04. The number of aromatic nitrogens is 1. The van der Waals surface area contributed by atoms with Gasteiger partial charge in [0.1, 0.15) is 5.82 Å². The van der Waals surface area contributed by atoms with Crippen LogP contribution in [-0.4, -0.2) is 25.9 Å². The van der Waals surface area contributed by atoms with Gasteiger partial charge in [0.15, 0.2) is 5.13 Å². The standard InChI is InChI=1S/C15H16FN3O3S2/c1-2-9-17-14(20)8-5-12-10-23-15(18-12)19-24(21,22)13-6-3-11(16)4-7-13/h2-4,6-7,10H,1,5,8-9H2,(H,17,20)(H,18,19). The van der Waals surface area contributed by atoms with Crippen LogP contribution < -0.4 is 10.0 Å². The van der Waals surface area contributed by atoms with Crippen molar-refractivity contribution < 1.29 is 17.6 Å². The summed E-state index contributed by atoms with van der Waals surface area (Å²) in [5.41, 5.74) is 0.616. The Morgan fingerprint density at radius 1 is 1.33 bits per heavy atom. The minimum Gasteiger partial charge on any atom is -0.353 e. The normalized spacial score (nSPS) is 11.0. The highest BCUT2D eigenvalue weighted by Crippen LogP contribution is 2.21. The molecule has 1 heterocycles. The summed E-state index contributed by atoms with van der Waals surface area (Å²) in [5.74, 6) is -0.642. The van der Waals surface area contributed by atoms with Crippen LogP contribution in [0.4, 0.5) is 9.52 Å². The number of carbonyl (C=O) groups excluding carboxylic acids is 1. The summed E-state index contributed by atoms with van der Waals surface area (Å²) in [6, 6.07) is 4.50. The monoisotopic (exact) mass is 369 g/mol. The van der Waals surface area contributed by atoms with Crippen LogP contribution in [0.1, 0.15) is 12.1 Å². The van der Waals surface area contributed by atoms with E-state index in [9.17, 15) is 17.6 Å². The van der Waals surface area contributed by atoms with Gasteiger partial charge in [0.25, 0.3) is 10.0 Å². The molecule has 2 aromatic rings. The Morgan fingerprint density at radius 3 is 2.71 bits per heavy atom. The van der Waals surface area contributed by atoms with E-state index in [4.69, 9.17) is 0 Å². The van der Waals surface area contributed by atoms with Crippen molar-refractivity contribution in [2.75, 3.05) is 11.3 Å². The molecule has 1 aromatic carbocycles. The summed E-state index contributed by atoms with van der Waals surface area (Å²) >= 11 is 1.12. The molecule has 6 nitrogen and oxygen atoms in total. The second kappa shape index (κ2) is 8.02. The smallest absolute Gasteiger partial charge is 0.263 e. The molecule has 24 heavy (non-hydrogen) atoms. The molecule has 0 bridgehead atoms. The summed E-state index contributed by atoms with van der Waals surface area (Å²) in [4.78, 5) is 15.6. The number of halogens is 1. The first-order valence-electron chi connectivity index (χ1n) is 7.01. The Bertz CT molecular complexity index is 817. The molecular weight excluding hydrogens is 353 g/mol. The van der Waals surface area contributed by atoms with Gasteiger partial charge in [-0.15, -0.1) is 17.9 Å². The van der Waals surface area contributed by atoms with Crippen molar-refractivity contribution in [3.63, 3.8) is 0 Å². The van der Waals surface area contributed by atoms with E-state index >= 15 is 0 Å². The number of carbonyl (C=O) groups is 1. The van der Waals surface area contributed by atoms with Crippen LogP contribution in [-0.2, 0) is 21.2 Å². The van der Waals surface area contributed by atoms with E-state index in [-0.39, 0.29) is 22.4 Å². The van der Waals surface area contributed by atoms with E-state index in [1.54, 1.807) is 11.5 Å². The topological polar surface area (TPSA) is 88.2 Å². The molecule has 0 radical (unpaired) electrons. The minimum absolute atomic E-state index is 0.0514. The lowest BCUT2D eigenvalue weighted by Crippen LogP contribution is -2.23. The van der Waals surface area contributed by atoms with E-state index in [1.165, 1.54) is 12.1 Å². The number of thiazole rings is 1. The first-order valence-corrected chi connectivity index (χ1v) is 9.37. The van der Waals surface area contributed by atoms with Crippen molar-refractivity contribution in [3.05, 3.63) is 53.8 Å². The molecule has 1 aromatic heterocycles. The molecule has 0 spiro atoms. The molecule has 0 atom stereocenters. The fourth-order valence-corrected chi connectivity index (χ4v) is 3.77. The van der Waals surface area contributed by atoms with Gasteiger partial charge in [-0.05, 0) is 30.7 Å². The van der Waals surface area contributed by atoms with Crippen molar-refractivity contribution in [1.82, 2.24) is 10.3 Å². The predicted octanol–water partition coefficient (Wildman–Crippen LogP) is 2.32. The molecule has 0 aliphatic carbocycles. The second-order valence-corrected chi connectivity index (χ2v) is 7.34. The number of nitrogens with one attached hydrogen (secondary N) is 2. The average Bonchev–Trinajstić information content (AvgIpc) is 2.98. The third-order valence-electron chi connectivity index (χ3n) is 2.95. The van der Waals surface area contributed by atoms with Gasteiger partial charge < -0.3 is 5.32 Å². The number of nitrogens with zero attached hydrogens (tertiary/aromatic N) is 1. The highest BCUT2D eigenvalue weighted by Gasteiger charge is 2.16. The van der Waals surface area contributed by atoms with Crippen LogP contribution in [0.2, 0.25) is 0 Å². The van der Waals surface area contributed by atoms with E-state index < -0.39 is 15.8 Å². The van der Waals surface area contributed by atoms with Crippen LogP contribution >= 0.6 is 11.3 Å². The zero-order valence-electron chi connectivity index (χ0n) is 12.7. The van der Waals surface area contributed by atoms with Gasteiger partial charge in [0, 0.05) is 18.3 Å². The third-order valence-corrected chi connectivity index (χ3v) is 5.24. The lowest BCUT2D eigenvalue weighted by Gasteiger charge is -2.04. The fourth-order valence-electron chi connectivity index (χ4n) is 1.77. The molecule has 0 aliphatic rings. The zero-order chi connectivity index (χ0) is 17.6. The van der Waals surface area contributed by atoms with Crippen LogP contribution in [0.3, 0.4) is 0 Å². The zero-order valence-corrected chi connectivity index (χ0v) is 14.3. The van der Waals surface area contributed by atoms with E-state index in [0.29, 0.717) is 18.7 Å². The summed E-state index contributed by atoms with van der Waals surface area (Å²) in [7, 11) is -3.82. The molecule has 0 saturated heterocycles. The Hall–Kier alpha value is -2.26. The SMILES string of the molecule is C=CCNC(=O)CCc1csc(NS(=O)(=O)c2ccc(F)cc2)n1. The number of anilines is 1. The maximum absolute atomic E-state index is 12.9. The van der Waals surface area contributed by atoms with Gasteiger partial charge in [0.05, 0.1) is 10.6 Å². The molecule has 128 valence electrons. The first kappa shape index (κ1) is 18.1. The maximum Gasteiger partial charge on any atom is 0.263 e. The Morgan fingerprint density at radius 2 is 2.04 bits per heavy atom. The second-order valence-electron chi connectivity index (χ2n) is 4.80. The average molecular weight is 369 g/mol. The van der Waals surface area contributed by atoms with E-state index in [1.807, 2.05) is 0 Å². The van der Waals surface area contributed by atoms with Crippen molar-refractivity contribution in [3.8, 4) is 0 Å². The molecule has 2 N–H and O–H groups in total. The number of amides is 1. The number of hydrogen-bond donors (Lipinski definition) is 2. The molecule has 2 rings (SSSR count). The maximum atomic E-state index is 12.9. The molecule has 0 fully saturated rings. The largest absolute Gasteiger partial charge is 0.353 e. The van der Waals surface area contributed by atoms with Gasteiger partial charge in [-0.1, -0.05) is 6.08 Å². The van der Waals surface area contributed by atoms with Gasteiger partial charge in [0.2, 0.25) is 5.91 Å². The lowest BCUT2D eigenvalue weighted by atomic mass is 10.2. The van der Waals surface area contributed by atoms with Crippen LogP contribution in [0.15, 0.2) is 47.2 Å². The fraction of sp³-hybridized carbons (Fsp3) is 0.200. The highest BCUT2D eigenvalue weighted by molar-refractivity contribution is 7.93. The minimum atomic E-state index is -3.82. The summed E-state index contributed by atoms with van der Waals surface area (Å²) in [6.07, 6.45) is 2.24. The molecular formula is C15H16FN3O3S2. The third kappa shape index (κ3) is 5.14. The Labute approximate surface area is 143 Å².